The molecule has 1 aromatic rings. The fourth-order valence-corrected chi connectivity index (χ4v) is 1.58. The molecule has 2 N–H and O–H groups in total. The molecule has 1 heterocycles. The van der Waals surface area contributed by atoms with Crippen molar-refractivity contribution in [1.82, 2.24) is 5.32 Å². The predicted molar refractivity (Wildman–Crippen MR) is 65.1 cm³/mol. The molecular formula is C11H11ClN2O4. The molecule has 6 nitrogen and oxygen atoms in total. The van der Waals surface area contributed by atoms with Gasteiger partial charge in [-0.3, -0.25) is 10.1 Å². The van der Waals surface area contributed by atoms with Gasteiger partial charge in [-0.2, -0.15) is 0 Å². The average molecular weight is 271 g/mol. The summed E-state index contributed by atoms with van der Waals surface area (Å²) < 4.78 is 10.3. The van der Waals surface area contributed by atoms with Crippen molar-refractivity contribution < 1.29 is 19.1 Å². The van der Waals surface area contributed by atoms with E-state index in [2.05, 4.69) is 10.6 Å². The number of rotatable bonds is 3. The number of ether oxygens (including phenoxy) is 2. The maximum atomic E-state index is 11.4. The van der Waals surface area contributed by atoms with Crippen molar-refractivity contribution in [2.45, 2.75) is 6.42 Å². The number of halogens is 1. The van der Waals surface area contributed by atoms with Crippen molar-refractivity contribution in [3.05, 3.63) is 18.2 Å². The highest BCUT2D eigenvalue weighted by molar-refractivity contribution is 6.19. The Morgan fingerprint density at radius 2 is 2.06 bits per heavy atom. The van der Waals surface area contributed by atoms with Gasteiger partial charge in [0, 0.05) is 24.1 Å². The van der Waals surface area contributed by atoms with Gasteiger partial charge >= 0.3 is 6.03 Å². The second-order valence-electron chi connectivity index (χ2n) is 3.51. The smallest absolute Gasteiger partial charge is 0.325 e. The number of anilines is 1. The third-order valence-electron chi connectivity index (χ3n) is 2.20. The number of amides is 3. The van der Waals surface area contributed by atoms with Crippen LogP contribution in [-0.2, 0) is 4.79 Å². The van der Waals surface area contributed by atoms with Crippen LogP contribution in [0.15, 0.2) is 18.2 Å². The van der Waals surface area contributed by atoms with Crippen LogP contribution in [0.3, 0.4) is 0 Å². The van der Waals surface area contributed by atoms with E-state index >= 15 is 0 Å². The summed E-state index contributed by atoms with van der Waals surface area (Å²) in [5.74, 6) is 0.922. The molecule has 0 fully saturated rings. The van der Waals surface area contributed by atoms with Crippen LogP contribution in [0.25, 0.3) is 0 Å². The first kappa shape index (κ1) is 12.5. The SMILES string of the molecule is O=C(CCCl)NC(=O)Nc1ccc2c(c1)OCO2. The highest BCUT2D eigenvalue weighted by Crippen LogP contribution is 2.34. The van der Waals surface area contributed by atoms with Crippen molar-refractivity contribution in [1.29, 1.82) is 0 Å². The lowest BCUT2D eigenvalue weighted by atomic mass is 10.3. The number of fused-ring (bicyclic) bond motifs is 1. The fourth-order valence-electron chi connectivity index (χ4n) is 1.41. The maximum absolute atomic E-state index is 11.4. The number of benzene rings is 1. The molecule has 7 heteroatoms. The van der Waals surface area contributed by atoms with Crippen molar-refractivity contribution in [2.24, 2.45) is 0 Å². The summed E-state index contributed by atoms with van der Waals surface area (Å²) in [5.41, 5.74) is 0.510. The fraction of sp³-hybridized carbons (Fsp3) is 0.273. The molecule has 0 aromatic heterocycles. The first-order chi connectivity index (χ1) is 8.69. The van der Waals surface area contributed by atoms with Crippen molar-refractivity contribution in [3.63, 3.8) is 0 Å². The van der Waals surface area contributed by atoms with Crippen LogP contribution < -0.4 is 20.1 Å². The molecule has 3 amide bonds. The summed E-state index contributed by atoms with van der Waals surface area (Å²) in [6.45, 7) is 0.166. The van der Waals surface area contributed by atoms with Gasteiger partial charge in [0.05, 0.1) is 0 Å². The molecule has 2 rings (SSSR count). The minimum Gasteiger partial charge on any atom is -0.454 e. The Morgan fingerprint density at radius 3 is 2.83 bits per heavy atom. The Morgan fingerprint density at radius 1 is 1.28 bits per heavy atom. The number of hydrogen-bond donors (Lipinski definition) is 2. The number of hydrogen-bond acceptors (Lipinski definition) is 4. The Hall–Kier alpha value is -1.95. The quantitative estimate of drug-likeness (QED) is 0.820. The Bertz CT molecular complexity index is 478. The number of carbonyl (C=O) groups excluding carboxylic acids is 2. The lowest BCUT2D eigenvalue weighted by molar-refractivity contribution is -0.119. The zero-order valence-corrected chi connectivity index (χ0v) is 10.1. The van der Waals surface area contributed by atoms with Gasteiger partial charge in [0.25, 0.3) is 0 Å². The molecule has 0 atom stereocenters. The van der Waals surface area contributed by atoms with Gasteiger partial charge in [-0.1, -0.05) is 0 Å². The largest absolute Gasteiger partial charge is 0.454 e. The molecule has 1 aliphatic rings. The lowest BCUT2D eigenvalue weighted by Crippen LogP contribution is -2.34. The van der Waals surface area contributed by atoms with Gasteiger partial charge in [0.1, 0.15) is 0 Å². The van der Waals surface area contributed by atoms with Crippen LogP contribution in [0, 0.1) is 0 Å². The standard InChI is InChI=1S/C11H11ClN2O4/c12-4-3-10(15)14-11(16)13-7-1-2-8-9(5-7)18-6-17-8/h1-2,5H,3-4,6H2,(H2,13,14,15,16). The van der Waals surface area contributed by atoms with Crippen LogP contribution in [0.5, 0.6) is 11.5 Å². The number of alkyl halides is 1. The highest BCUT2D eigenvalue weighted by atomic mass is 35.5. The van der Waals surface area contributed by atoms with E-state index in [-0.39, 0.29) is 19.1 Å². The summed E-state index contributed by atoms with van der Waals surface area (Å²) in [6.07, 6.45) is 0.0934. The van der Waals surface area contributed by atoms with E-state index in [4.69, 9.17) is 21.1 Å². The summed E-state index contributed by atoms with van der Waals surface area (Å²) >= 11 is 5.38. The lowest BCUT2D eigenvalue weighted by Gasteiger charge is -2.06. The molecule has 0 aliphatic carbocycles. The first-order valence-electron chi connectivity index (χ1n) is 5.25. The zero-order valence-electron chi connectivity index (χ0n) is 9.36. The van der Waals surface area contributed by atoms with E-state index in [1.165, 1.54) is 0 Å². The molecule has 1 aromatic carbocycles. The average Bonchev–Trinajstić information content (AvgIpc) is 2.76. The number of imide groups is 1. The molecule has 0 saturated heterocycles. The van der Waals surface area contributed by atoms with Gasteiger partial charge in [-0.05, 0) is 12.1 Å². The maximum Gasteiger partial charge on any atom is 0.325 e. The molecule has 0 unspecified atom stereocenters. The summed E-state index contributed by atoms with van der Waals surface area (Å²) in [4.78, 5) is 22.6. The molecule has 1 aliphatic heterocycles. The van der Waals surface area contributed by atoms with E-state index in [0.717, 1.165) is 0 Å². The van der Waals surface area contributed by atoms with Gasteiger partial charge in [-0.15, -0.1) is 11.6 Å². The molecule has 0 spiro atoms. The Kier molecular flexibility index (Phi) is 3.88. The van der Waals surface area contributed by atoms with Gasteiger partial charge in [-0.25, -0.2) is 4.79 Å². The molecule has 0 bridgehead atoms. The molecule has 96 valence electrons. The third-order valence-corrected chi connectivity index (χ3v) is 2.39. The predicted octanol–water partition coefficient (Wildman–Crippen LogP) is 1.69. The Labute approximate surface area is 108 Å². The minimum absolute atomic E-state index is 0.0934. The molecule has 18 heavy (non-hydrogen) atoms. The zero-order chi connectivity index (χ0) is 13.0. The highest BCUT2D eigenvalue weighted by Gasteiger charge is 2.14. The topological polar surface area (TPSA) is 76.7 Å². The van der Waals surface area contributed by atoms with Gasteiger partial charge < -0.3 is 14.8 Å². The molecule has 0 radical (unpaired) electrons. The van der Waals surface area contributed by atoms with E-state index in [1.807, 2.05) is 0 Å². The van der Waals surface area contributed by atoms with Crippen LogP contribution in [0.4, 0.5) is 10.5 Å². The number of nitrogens with one attached hydrogen (secondary N) is 2. The van der Waals surface area contributed by atoms with Crippen LogP contribution in [0.1, 0.15) is 6.42 Å². The van der Waals surface area contributed by atoms with Gasteiger partial charge in [0.2, 0.25) is 12.7 Å². The second kappa shape index (κ2) is 5.59. The van der Waals surface area contributed by atoms with Crippen LogP contribution in [-0.4, -0.2) is 24.6 Å². The van der Waals surface area contributed by atoms with Crippen LogP contribution in [0.2, 0.25) is 0 Å². The molecular weight excluding hydrogens is 260 g/mol. The number of carbonyl (C=O) groups is 2. The summed E-state index contributed by atoms with van der Waals surface area (Å²) in [5, 5.41) is 4.66. The van der Waals surface area contributed by atoms with Gasteiger partial charge in [0.15, 0.2) is 11.5 Å². The summed E-state index contributed by atoms with van der Waals surface area (Å²) in [7, 11) is 0. The van der Waals surface area contributed by atoms with E-state index in [9.17, 15) is 9.59 Å². The van der Waals surface area contributed by atoms with E-state index in [1.54, 1.807) is 18.2 Å². The second-order valence-corrected chi connectivity index (χ2v) is 3.89. The van der Waals surface area contributed by atoms with Crippen molar-refractivity contribution in [3.8, 4) is 11.5 Å². The van der Waals surface area contributed by atoms with Crippen LogP contribution >= 0.6 is 11.6 Å². The third kappa shape index (κ3) is 3.04. The first-order valence-corrected chi connectivity index (χ1v) is 5.79. The normalized spacial score (nSPS) is 12.1. The molecule has 0 saturated carbocycles. The number of urea groups is 1. The van der Waals surface area contributed by atoms with E-state index < -0.39 is 11.9 Å². The Balaban J connectivity index is 1.93. The van der Waals surface area contributed by atoms with Crippen molar-refractivity contribution >= 4 is 29.2 Å². The monoisotopic (exact) mass is 270 g/mol. The van der Waals surface area contributed by atoms with E-state index in [0.29, 0.717) is 17.2 Å². The minimum atomic E-state index is -0.607. The summed E-state index contributed by atoms with van der Waals surface area (Å²) in [6, 6.07) is 4.34. The van der Waals surface area contributed by atoms with Crippen molar-refractivity contribution in [2.75, 3.05) is 18.0 Å².